The van der Waals surface area contributed by atoms with Gasteiger partial charge in [-0.1, -0.05) is 30.8 Å². The molecule has 0 atom stereocenters. The van der Waals surface area contributed by atoms with Gasteiger partial charge in [-0.2, -0.15) is 5.10 Å². The molecular weight excluding hydrogens is 448 g/mol. The summed E-state index contributed by atoms with van der Waals surface area (Å²) in [6, 6.07) is 14.9. The van der Waals surface area contributed by atoms with E-state index in [9.17, 15) is 9.18 Å². The SMILES string of the molecule is C=CC(=O)Oc1ccccc1/C(=C(\c1ccc(F)cc1CN)C1CC1)c1ccc2[nH]ncc2c1F. The minimum absolute atomic E-state index is 0.114. The lowest BCUT2D eigenvalue weighted by Crippen LogP contribution is -2.09. The first-order chi connectivity index (χ1) is 17.0. The summed E-state index contributed by atoms with van der Waals surface area (Å²) in [5, 5.41) is 7.10. The predicted octanol–water partition coefficient (Wildman–Crippen LogP) is 5.76. The zero-order valence-corrected chi connectivity index (χ0v) is 18.9. The van der Waals surface area contributed by atoms with Crippen LogP contribution in [0.3, 0.4) is 0 Å². The summed E-state index contributed by atoms with van der Waals surface area (Å²) in [6.45, 7) is 3.60. The number of carbonyl (C=O) groups excluding carboxylic acids is 1. The standard InChI is InChI=1S/C28H23F2N3O2/c1-2-25(34)35-24-6-4-3-5-20(24)27(21-11-12-23-22(28(21)30)15-32-33-23)26(16-7-8-16)19-10-9-18(29)13-17(19)14-31/h2-6,9-13,15-16H,1,7-8,14,31H2,(H,32,33)/b27-26+. The fourth-order valence-corrected chi connectivity index (χ4v) is 4.45. The zero-order valence-electron chi connectivity index (χ0n) is 18.9. The van der Waals surface area contributed by atoms with Crippen LogP contribution in [0.1, 0.15) is 35.1 Å². The lowest BCUT2D eigenvalue weighted by atomic mass is 9.84. The molecule has 0 bridgehead atoms. The highest BCUT2D eigenvalue weighted by atomic mass is 19.1. The van der Waals surface area contributed by atoms with Crippen molar-refractivity contribution >= 4 is 28.0 Å². The van der Waals surface area contributed by atoms with Crippen LogP contribution in [0, 0.1) is 17.6 Å². The van der Waals surface area contributed by atoms with Crippen LogP contribution in [0.25, 0.3) is 22.0 Å². The first-order valence-electron chi connectivity index (χ1n) is 11.3. The minimum atomic E-state index is -0.625. The average Bonchev–Trinajstić information content (AvgIpc) is 3.59. The number of benzene rings is 3. The number of nitrogens with zero attached hydrogens (tertiary/aromatic N) is 1. The van der Waals surface area contributed by atoms with E-state index in [0.717, 1.165) is 30.1 Å². The van der Waals surface area contributed by atoms with E-state index < -0.39 is 17.6 Å². The Balaban J connectivity index is 1.88. The Kier molecular flexibility index (Phi) is 6.01. The van der Waals surface area contributed by atoms with Crippen molar-refractivity contribution < 1.29 is 18.3 Å². The van der Waals surface area contributed by atoms with Crippen LogP contribution in [0.2, 0.25) is 0 Å². The van der Waals surface area contributed by atoms with E-state index in [-0.39, 0.29) is 18.2 Å². The maximum Gasteiger partial charge on any atom is 0.335 e. The van der Waals surface area contributed by atoms with E-state index in [0.29, 0.717) is 33.2 Å². The van der Waals surface area contributed by atoms with Gasteiger partial charge in [0.2, 0.25) is 0 Å². The van der Waals surface area contributed by atoms with Crippen LogP contribution in [0.5, 0.6) is 5.75 Å². The lowest BCUT2D eigenvalue weighted by Gasteiger charge is -2.21. The highest BCUT2D eigenvalue weighted by Crippen LogP contribution is 2.50. The monoisotopic (exact) mass is 471 g/mol. The molecule has 1 saturated carbocycles. The number of aromatic amines is 1. The molecule has 3 N–H and O–H groups in total. The number of aromatic nitrogens is 2. The number of halogens is 2. The number of hydrogen-bond donors (Lipinski definition) is 2. The molecule has 0 radical (unpaired) electrons. The summed E-state index contributed by atoms with van der Waals surface area (Å²) >= 11 is 0. The number of rotatable bonds is 7. The second kappa shape index (κ2) is 9.27. The van der Waals surface area contributed by atoms with Gasteiger partial charge in [-0.15, -0.1) is 0 Å². The Morgan fingerprint density at radius 3 is 2.63 bits per heavy atom. The normalized spacial score (nSPS) is 14.0. The molecule has 1 aliphatic rings. The van der Waals surface area contributed by atoms with Gasteiger partial charge in [0.1, 0.15) is 17.4 Å². The summed E-state index contributed by atoms with van der Waals surface area (Å²) in [6.07, 6.45) is 4.30. The number of hydrogen-bond acceptors (Lipinski definition) is 4. The van der Waals surface area contributed by atoms with E-state index in [4.69, 9.17) is 10.5 Å². The van der Waals surface area contributed by atoms with Gasteiger partial charge in [-0.25, -0.2) is 13.6 Å². The topological polar surface area (TPSA) is 81.0 Å². The number of allylic oxidation sites excluding steroid dienone is 1. The van der Waals surface area contributed by atoms with Gasteiger partial charge in [0.15, 0.2) is 0 Å². The molecule has 0 unspecified atom stereocenters. The maximum atomic E-state index is 16.0. The highest BCUT2D eigenvalue weighted by molar-refractivity contribution is 6.04. The summed E-state index contributed by atoms with van der Waals surface area (Å²) in [7, 11) is 0. The Bertz CT molecular complexity index is 1480. The van der Waals surface area contributed by atoms with E-state index in [1.165, 1.54) is 18.3 Å². The Morgan fingerprint density at radius 1 is 1.11 bits per heavy atom. The Labute approximate surface area is 200 Å². The van der Waals surface area contributed by atoms with Crippen LogP contribution in [0.15, 0.2) is 73.4 Å². The second-order valence-corrected chi connectivity index (χ2v) is 8.45. The van der Waals surface area contributed by atoms with Gasteiger partial charge in [0.25, 0.3) is 0 Å². The number of para-hydroxylation sites is 1. The van der Waals surface area contributed by atoms with Crippen molar-refractivity contribution in [1.82, 2.24) is 10.2 Å². The van der Waals surface area contributed by atoms with Crippen molar-refractivity contribution in [1.29, 1.82) is 0 Å². The van der Waals surface area contributed by atoms with Gasteiger partial charge in [0, 0.05) is 23.7 Å². The molecule has 176 valence electrons. The summed E-state index contributed by atoms with van der Waals surface area (Å²) in [5.74, 6) is -1.08. The molecule has 1 aromatic heterocycles. The number of fused-ring (bicyclic) bond motifs is 1. The lowest BCUT2D eigenvalue weighted by molar-refractivity contribution is -0.128. The first kappa shape index (κ1) is 22.7. The molecule has 4 aromatic rings. The van der Waals surface area contributed by atoms with E-state index in [2.05, 4.69) is 16.8 Å². The maximum absolute atomic E-state index is 16.0. The molecule has 3 aromatic carbocycles. The molecule has 1 fully saturated rings. The largest absolute Gasteiger partial charge is 0.423 e. The Morgan fingerprint density at radius 2 is 1.89 bits per heavy atom. The minimum Gasteiger partial charge on any atom is -0.423 e. The van der Waals surface area contributed by atoms with Gasteiger partial charge in [-0.3, -0.25) is 5.10 Å². The number of ether oxygens (including phenoxy) is 1. The molecular formula is C28H23F2N3O2. The summed E-state index contributed by atoms with van der Waals surface area (Å²) in [4.78, 5) is 12.1. The molecule has 0 saturated heterocycles. The second-order valence-electron chi connectivity index (χ2n) is 8.45. The number of nitrogens with two attached hydrogens (primary N) is 1. The molecule has 7 heteroatoms. The molecule has 35 heavy (non-hydrogen) atoms. The molecule has 5 rings (SSSR count). The summed E-state index contributed by atoms with van der Waals surface area (Å²) < 4.78 is 35.7. The molecule has 0 spiro atoms. The van der Waals surface area contributed by atoms with Crippen LogP contribution < -0.4 is 10.5 Å². The van der Waals surface area contributed by atoms with E-state index >= 15 is 4.39 Å². The van der Waals surface area contributed by atoms with Gasteiger partial charge in [-0.05, 0) is 71.4 Å². The molecule has 0 aliphatic heterocycles. The average molecular weight is 472 g/mol. The molecule has 1 heterocycles. The van der Waals surface area contributed by atoms with Gasteiger partial charge >= 0.3 is 5.97 Å². The smallest absolute Gasteiger partial charge is 0.335 e. The predicted molar refractivity (Wildman–Crippen MR) is 131 cm³/mol. The van der Waals surface area contributed by atoms with Crippen molar-refractivity contribution in [2.45, 2.75) is 19.4 Å². The quantitative estimate of drug-likeness (QED) is 0.155. The van der Waals surface area contributed by atoms with Crippen molar-refractivity contribution in [3.8, 4) is 5.75 Å². The van der Waals surface area contributed by atoms with Gasteiger partial charge < -0.3 is 10.5 Å². The fourth-order valence-electron chi connectivity index (χ4n) is 4.45. The van der Waals surface area contributed by atoms with E-state index in [1.54, 1.807) is 42.5 Å². The fraction of sp³-hybridized carbons (Fsp3) is 0.143. The van der Waals surface area contributed by atoms with Crippen molar-refractivity contribution in [3.05, 3.63) is 107 Å². The van der Waals surface area contributed by atoms with Crippen LogP contribution in [0.4, 0.5) is 8.78 Å². The number of esters is 1. The van der Waals surface area contributed by atoms with Gasteiger partial charge in [0.05, 0.1) is 17.1 Å². The third-order valence-corrected chi connectivity index (χ3v) is 6.19. The molecule has 5 nitrogen and oxygen atoms in total. The van der Waals surface area contributed by atoms with Crippen LogP contribution in [-0.4, -0.2) is 16.2 Å². The van der Waals surface area contributed by atoms with Crippen LogP contribution >= 0.6 is 0 Å². The number of carbonyl (C=O) groups is 1. The van der Waals surface area contributed by atoms with Crippen molar-refractivity contribution in [2.75, 3.05) is 0 Å². The highest BCUT2D eigenvalue weighted by Gasteiger charge is 2.33. The third kappa shape index (κ3) is 4.26. The number of nitrogens with one attached hydrogen (secondary N) is 1. The number of H-pyrrole nitrogens is 1. The zero-order chi connectivity index (χ0) is 24.5. The van der Waals surface area contributed by atoms with Crippen LogP contribution in [-0.2, 0) is 11.3 Å². The molecule has 0 amide bonds. The van der Waals surface area contributed by atoms with Crippen molar-refractivity contribution in [3.63, 3.8) is 0 Å². The van der Waals surface area contributed by atoms with Crippen molar-refractivity contribution in [2.24, 2.45) is 11.7 Å². The first-order valence-corrected chi connectivity index (χ1v) is 11.3. The van der Waals surface area contributed by atoms with E-state index in [1.807, 2.05) is 0 Å². The third-order valence-electron chi connectivity index (χ3n) is 6.19. The summed E-state index contributed by atoms with van der Waals surface area (Å²) in [5.41, 5.74) is 10.2. The molecule has 1 aliphatic carbocycles. The Hall–Kier alpha value is -4.10.